The Bertz CT molecular complexity index is 1940. The van der Waals surface area contributed by atoms with E-state index in [1.807, 2.05) is 24.3 Å². The molecule has 9 heteroatoms. The summed E-state index contributed by atoms with van der Waals surface area (Å²) in [6.45, 7) is 24.0. The van der Waals surface area contributed by atoms with Gasteiger partial charge in [-0.05, 0) is 142 Å². The van der Waals surface area contributed by atoms with E-state index in [1.54, 1.807) is 13.8 Å². The number of halogens is 1. The van der Waals surface area contributed by atoms with Crippen molar-refractivity contribution in [1.82, 2.24) is 10.2 Å². The van der Waals surface area contributed by atoms with E-state index in [-0.39, 0.29) is 45.5 Å². The molecule has 0 radical (unpaired) electrons. The first-order valence-corrected chi connectivity index (χ1v) is 21.6. The number of nitrogens with zero attached hydrogens (tertiary/aromatic N) is 2. The summed E-state index contributed by atoms with van der Waals surface area (Å²) in [4.78, 5) is 39.1. The number of esters is 1. The lowest BCUT2D eigenvalue weighted by Crippen LogP contribution is -2.65. The van der Waals surface area contributed by atoms with Crippen LogP contribution in [0, 0.1) is 56.2 Å². The molecule has 8 nitrogen and oxygen atoms in total. The third kappa shape index (κ3) is 6.15. The van der Waals surface area contributed by atoms with E-state index in [4.69, 9.17) is 20.8 Å². The van der Waals surface area contributed by atoms with E-state index in [2.05, 4.69) is 72.5 Å². The number of rotatable bonds is 9. The van der Waals surface area contributed by atoms with Gasteiger partial charge in [-0.1, -0.05) is 77.8 Å². The summed E-state index contributed by atoms with van der Waals surface area (Å²) in [5.74, 6) is 1.39. The van der Waals surface area contributed by atoms with Crippen LogP contribution in [0.15, 0.2) is 39.8 Å². The fourth-order valence-electron chi connectivity index (χ4n) is 13.6. The van der Waals surface area contributed by atoms with Gasteiger partial charge in [0.1, 0.15) is 6.10 Å². The van der Waals surface area contributed by atoms with Crippen molar-refractivity contribution >= 4 is 29.3 Å². The molecule has 0 amide bonds. The van der Waals surface area contributed by atoms with Gasteiger partial charge in [0, 0.05) is 28.7 Å². The minimum Gasteiger partial charge on any atom is -0.481 e. The van der Waals surface area contributed by atoms with Crippen LogP contribution in [-0.4, -0.2) is 39.1 Å². The van der Waals surface area contributed by atoms with Gasteiger partial charge in [0.2, 0.25) is 11.8 Å². The Hall–Kier alpha value is -3.00. The van der Waals surface area contributed by atoms with Crippen molar-refractivity contribution in [3.8, 4) is 0 Å². The van der Waals surface area contributed by atoms with Crippen LogP contribution in [0.4, 0.5) is 0 Å². The number of aromatic nitrogens is 2. The highest BCUT2D eigenvalue weighted by molar-refractivity contribution is 6.30. The van der Waals surface area contributed by atoms with Crippen LogP contribution in [0.3, 0.4) is 0 Å². The summed E-state index contributed by atoms with van der Waals surface area (Å²) in [7, 11) is 0. The zero-order chi connectivity index (χ0) is 41.0. The van der Waals surface area contributed by atoms with Gasteiger partial charge in [-0.15, -0.1) is 10.2 Å². The molecule has 1 heterocycles. The summed E-state index contributed by atoms with van der Waals surface area (Å²) in [6, 6.07) is 7.80. The minimum absolute atomic E-state index is 0.0138. The zero-order valence-electron chi connectivity index (χ0n) is 35.7. The molecule has 1 aromatic heterocycles. The van der Waals surface area contributed by atoms with Crippen molar-refractivity contribution in [2.45, 2.75) is 158 Å². The Morgan fingerprint density at radius 2 is 1.59 bits per heavy atom. The number of ether oxygens (including phenoxy) is 1. The molecular weight excluding hydrogens is 724 g/mol. The lowest BCUT2D eigenvalue weighted by atomic mass is 9.33. The maximum Gasteiger partial charge on any atom is 0.309 e. The van der Waals surface area contributed by atoms with Crippen LogP contribution < -0.4 is 0 Å². The Kier molecular flexibility index (Phi) is 9.94. The van der Waals surface area contributed by atoms with Crippen molar-refractivity contribution in [1.29, 1.82) is 0 Å². The molecule has 5 aliphatic rings. The van der Waals surface area contributed by atoms with Gasteiger partial charge in [-0.2, -0.15) is 0 Å². The average Bonchev–Trinajstić information content (AvgIpc) is 3.68. The van der Waals surface area contributed by atoms with E-state index in [9.17, 15) is 19.5 Å². The molecule has 0 saturated heterocycles. The molecule has 0 unspecified atom stereocenters. The number of carboxylic acid groups (broad SMARTS) is 1. The maximum atomic E-state index is 14.2. The number of fused-ring (bicyclic) bond motifs is 7. The van der Waals surface area contributed by atoms with Crippen LogP contribution in [0.5, 0.6) is 0 Å². The Morgan fingerprint density at radius 3 is 2.23 bits per heavy atom. The second kappa shape index (κ2) is 13.5. The van der Waals surface area contributed by atoms with Gasteiger partial charge in [-0.3, -0.25) is 14.4 Å². The lowest BCUT2D eigenvalue weighted by molar-refractivity contribution is -0.233. The quantitative estimate of drug-likeness (QED) is 0.249. The van der Waals surface area contributed by atoms with E-state index in [0.29, 0.717) is 53.2 Å². The minimum atomic E-state index is -1.17. The van der Waals surface area contributed by atoms with Gasteiger partial charge in [0.15, 0.2) is 5.78 Å². The molecule has 0 aliphatic heterocycles. The molecule has 5 aliphatic carbocycles. The smallest absolute Gasteiger partial charge is 0.309 e. The van der Waals surface area contributed by atoms with E-state index < -0.39 is 22.8 Å². The highest BCUT2D eigenvalue weighted by Crippen LogP contribution is 2.77. The van der Waals surface area contributed by atoms with Crippen molar-refractivity contribution in [2.24, 2.45) is 56.2 Å². The van der Waals surface area contributed by atoms with Crippen molar-refractivity contribution in [2.75, 3.05) is 0 Å². The topological polar surface area (TPSA) is 120 Å². The van der Waals surface area contributed by atoms with Crippen LogP contribution in [-0.2, 0) is 31.0 Å². The molecule has 8 atom stereocenters. The number of carbonyl (C=O) groups excluding carboxylic acids is 2. The van der Waals surface area contributed by atoms with E-state index >= 15 is 0 Å². The summed E-state index contributed by atoms with van der Waals surface area (Å²) in [5.41, 5.74) is 1.42. The summed E-state index contributed by atoms with van der Waals surface area (Å²) >= 11 is 6.20. The second-order valence-electron chi connectivity index (χ2n) is 21.5. The number of carboxylic acids is 1. The lowest BCUT2D eigenvalue weighted by Gasteiger charge is -2.72. The number of ketones is 1. The maximum absolute atomic E-state index is 14.2. The van der Waals surface area contributed by atoms with Crippen molar-refractivity contribution < 1.29 is 28.6 Å². The third-order valence-electron chi connectivity index (χ3n) is 17.0. The summed E-state index contributed by atoms with van der Waals surface area (Å²) in [5, 5.41) is 19.6. The fraction of sp³-hybridized carbons (Fsp3) is 0.723. The van der Waals surface area contributed by atoms with Crippen molar-refractivity contribution in [3.63, 3.8) is 0 Å². The van der Waals surface area contributed by atoms with Gasteiger partial charge in [-0.25, -0.2) is 0 Å². The zero-order valence-corrected chi connectivity index (χ0v) is 36.5. The van der Waals surface area contributed by atoms with Gasteiger partial charge in [0.25, 0.3) is 0 Å². The number of hydrogen-bond acceptors (Lipinski definition) is 7. The highest BCUT2D eigenvalue weighted by atomic mass is 35.5. The molecule has 7 rings (SSSR count). The molecule has 1 aromatic carbocycles. The second-order valence-corrected chi connectivity index (χ2v) is 21.9. The predicted octanol–water partition coefficient (Wildman–Crippen LogP) is 11.0. The van der Waals surface area contributed by atoms with E-state index in [1.165, 1.54) is 5.57 Å². The predicted molar refractivity (Wildman–Crippen MR) is 217 cm³/mol. The number of benzene rings is 1. The first-order chi connectivity index (χ1) is 25.9. The average molecular weight is 789 g/mol. The van der Waals surface area contributed by atoms with Gasteiger partial charge in [0.05, 0.1) is 17.3 Å². The fourth-order valence-corrected chi connectivity index (χ4v) is 13.8. The molecule has 0 spiro atoms. The molecule has 4 fully saturated rings. The number of hydrogen-bond donors (Lipinski definition) is 1. The monoisotopic (exact) mass is 788 g/mol. The normalized spacial score (nSPS) is 35.4. The molecule has 0 bridgehead atoms. The number of Topliss-reactive ketones (excluding diaryl/α,β-unsaturated/α-hetero) is 1. The SMILES string of the molecule is CC(C)C1=C2[C@H]3CC[C@@H]4[C@@]5(C)CC[C@H](OC(=O)CC(C)(C)C(=O)O)C(C)(C)[C@@H]5CC[C@@]4(C)[C@]3(C)CC[C@@]2(Cc2nnc(C(C)(C)c3ccc(Cl)cc3)o2)CC1=O. The Balaban J connectivity index is 1.17. The summed E-state index contributed by atoms with van der Waals surface area (Å²) < 4.78 is 12.7. The third-order valence-corrected chi connectivity index (χ3v) is 17.3. The van der Waals surface area contributed by atoms with Crippen LogP contribution >= 0.6 is 11.6 Å². The number of allylic oxidation sites excluding steroid dienone is 2. The molecule has 1 N–H and O–H groups in total. The molecule has 306 valence electrons. The van der Waals surface area contributed by atoms with Crippen LogP contribution in [0.25, 0.3) is 0 Å². The first kappa shape index (κ1) is 41.2. The standard InChI is InChI=1S/C47H65ClN2O6/c1-27(2)37-31(51)24-47(25-35-49-50-39(56-35)42(5,6)28-12-14-29(48)15-13-28)23-22-45(10)30(38(37)47)16-17-33-44(9)20-19-34(55-36(52)26-41(3,4)40(53)54)43(7,8)32(44)18-21-46(33,45)11/h12-15,27,30,32-34H,16-26H2,1-11H3,(H,53,54)/t30-,32+,33-,34+,44+,45-,46-,47+/m1/s1. The summed E-state index contributed by atoms with van der Waals surface area (Å²) in [6.07, 6.45) is 8.78. The van der Waals surface area contributed by atoms with Crippen molar-refractivity contribution in [3.05, 3.63) is 57.8 Å². The molecular formula is C47H65ClN2O6. The largest absolute Gasteiger partial charge is 0.481 e. The highest BCUT2D eigenvalue weighted by Gasteiger charge is 2.70. The molecule has 2 aromatic rings. The molecule has 4 saturated carbocycles. The van der Waals surface area contributed by atoms with Crippen LogP contribution in [0.2, 0.25) is 5.02 Å². The number of aliphatic carboxylic acids is 1. The van der Waals surface area contributed by atoms with Gasteiger partial charge >= 0.3 is 11.9 Å². The van der Waals surface area contributed by atoms with Crippen LogP contribution in [0.1, 0.15) is 158 Å². The number of carbonyl (C=O) groups is 3. The van der Waals surface area contributed by atoms with Gasteiger partial charge < -0.3 is 14.3 Å². The first-order valence-electron chi connectivity index (χ1n) is 21.2. The Labute approximate surface area is 339 Å². The molecule has 56 heavy (non-hydrogen) atoms. The van der Waals surface area contributed by atoms with E-state index in [0.717, 1.165) is 62.5 Å². The Morgan fingerprint density at radius 1 is 0.911 bits per heavy atom.